The van der Waals surface area contributed by atoms with Gasteiger partial charge in [-0.15, -0.1) is 5.10 Å². The molecule has 6 rings (SSSR count). The summed E-state index contributed by atoms with van der Waals surface area (Å²) in [5.41, 5.74) is 3.91. The first-order valence-corrected chi connectivity index (χ1v) is 14.2. The fourth-order valence-corrected chi connectivity index (χ4v) is 5.49. The number of carbonyl (C=O) groups is 1. The topological polar surface area (TPSA) is 143 Å². The van der Waals surface area contributed by atoms with Gasteiger partial charge in [-0.3, -0.25) is 14.2 Å². The SMILES string of the molecule is CCc1nc2c(c(=O)n(CC(=O)OC)c(=O)n2C(C)c2ccccc2)n1Cc1ccc(-c2ccccc2-c2nnn[nH]2)cc1. The van der Waals surface area contributed by atoms with Crippen LogP contribution in [0.1, 0.15) is 36.8 Å². The van der Waals surface area contributed by atoms with Gasteiger partial charge in [0.15, 0.2) is 17.0 Å². The molecule has 0 spiro atoms. The highest BCUT2D eigenvalue weighted by atomic mass is 16.5. The van der Waals surface area contributed by atoms with Crippen molar-refractivity contribution < 1.29 is 9.53 Å². The van der Waals surface area contributed by atoms with Crippen LogP contribution in [0.3, 0.4) is 0 Å². The number of carbonyl (C=O) groups excluding carboxylic acids is 1. The van der Waals surface area contributed by atoms with E-state index in [0.717, 1.165) is 32.4 Å². The summed E-state index contributed by atoms with van der Waals surface area (Å²) in [5.74, 6) is 0.524. The maximum Gasteiger partial charge on any atom is 0.333 e. The minimum Gasteiger partial charge on any atom is -0.468 e. The number of hydrogen-bond acceptors (Lipinski definition) is 8. The predicted molar refractivity (Wildman–Crippen MR) is 164 cm³/mol. The minimum atomic E-state index is -0.693. The smallest absolute Gasteiger partial charge is 0.333 e. The molecule has 0 aliphatic heterocycles. The Morgan fingerprint density at radius 3 is 2.30 bits per heavy atom. The van der Waals surface area contributed by atoms with Crippen molar-refractivity contribution in [2.24, 2.45) is 0 Å². The number of aryl methyl sites for hydroxylation is 1. The van der Waals surface area contributed by atoms with Crippen LogP contribution in [0.2, 0.25) is 0 Å². The molecule has 3 aromatic heterocycles. The Balaban J connectivity index is 1.47. The maximum absolute atomic E-state index is 13.9. The van der Waals surface area contributed by atoms with Crippen LogP contribution in [0.25, 0.3) is 33.7 Å². The lowest BCUT2D eigenvalue weighted by Gasteiger charge is -2.18. The number of methoxy groups -OCH3 is 1. The van der Waals surface area contributed by atoms with Gasteiger partial charge in [-0.2, -0.15) is 0 Å². The molecule has 0 aliphatic carbocycles. The number of H-pyrrole nitrogens is 1. The van der Waals surface area contributed by atoms with Crippen molar-refractivity contribution in [2.45, 2.75) is 39.4 Å². The van der Waals surface area contributed by atoms with Crippen LogP contribution < -0.4 is 11.2 Å². The van der Waals surface area contributed by atoms with Crippen molar-refractivity contribution in [3.05, 3.63) is 117 Å². The number of aromatic amines is 1. The summed E-state index contributed by atoms with van der Waals surface area (Å²) >= 11 is 0. The number of nitrogens with zero attached hydrogens (tertiary/aromatic N) is 7. The summed E-state index contributed by atoms with van der Waals surface area (Å²) in [5, 5.41) is 14.3. The first-order valence-electron chi connectivity index (χ1n) is 14.2. The van der Waals surface area contributed by atoms with E-state index in [1.807, 2.05) is 97.3 Å². The van der Waals surface area contributed by atoms with Gasteiger partial charge in [0, 0.05) is 18.5 Å². The predicted octanol–water partition coefficient (Wildman–Crippen LogP) is 3.60. The van der Waals surface area contributed by atoms with E-state index in [-0.39, 0.29) is 11.2 Å². The van der Waals surface area contributed by atoms with Crippen molar-refractivity contribution in [3.8, 4) is 22.5 Å². The van der Waals surface area contributed by atoms with Gasteiger partial charge in [0.2, 0.25) is 0 Å². The summed E-state index contributed by atoms with van der Waals surface area (Å²) in [6, 6.07) is 24.9. The van der Waals surface area contributed by atoms with E-state index in [4.69, 9.17) is 9.72 Å². The number of rotatable bonds is 9. The van der Waals surface area contributed by atoms with E-state index in [9.17, 15) is 14.4 Å². The molecule has 1 N–H and O–H groups in total. The number of fused-ring (bicyclic) bond motifs is 1. The van der Waals surface area contributed by atoms with E-state index >= 15 is 0 Å². The molecule has 1 atom stereocenters. The third kappa shape index (κ3) is 5.10. The number of nitrogens with one attached hydrogen (secondary N) is 1. The normalized spacial score (nSPS) is 12.0. The first kappa shape index (κ1) is 28.5. The molecule has 0 radical (unpaired) electrons. The standard InChI is InChI=1S/C32H30N8O4/c1-4-26-33-30-28(31(42)39(19-27(41)44-3)32(43)40(30)20(2)22-10-6-5-7-11-22)38(26)18-21-14-16-23(17-15-21)24-12-8-9-13-25(24)29-34-36-37-35-29/h5-17,20H,4,18-19H2,1-3H3,(H,34,35,36,37). The Morgan fingerprint density at radius 2 is 1.64 bits per heavy atom. The van der Waals surface area contributed by atoms with Crippen molar-refractivity contribution in [1.82, 2.24) is 39.3 Å². The monoisotopic (exact) mass is 590 g/mol. The number of benzene rings is 3. The average molecular weight is 591 g/mol. The van der Waals surface area contributed by atoms with Crippen LogP contribution in [-0.4, -0.2) is 52.4 Å². The second-order valence-electron chi connectivity index (χ2n) is 10.3. The highest BCUT2D eigenvalue weighted by Gasteiger charge is 2.25. The Kier molecular flexibility index (Phi) is 7.71. The number of tetrazole rings is 1. The Bertz CT molecular complexity index is 2060. The fraction of sp³-hybridized carbons (Fsp3) is 0.219. The average Bonchev–Trinajstić information content (AvgIpc) is 3.72. The molecule has 0 saturated carbocycles. The van der Waals surface area contributed by atoms with Gasteiger partial charge in [-0.25, -0.2) is 19.4 Å². The van der Waals surface area contributed by atoms with Gasteiger partial charge in [-0.05, 0) is 39.6 Å². The van der Waals surface area contributed by atoms with Crippen molar-refractivity contribution >= 4 is 17.1 Å². The third-order valence-electron chi connectivity index (χ3n) is 7.77. The molecule has 6 aromatic rings. The molecule has 12 heteroatoms. The molecule has 12 nitrogen and oxygen atoms in total. The highest BCUT2D eigenvalue weighted by molar-refractivity contribution is 5.80. The van der Waals surface area contributed by atoms with Crippen LogP contribution in [0, 0.1) is 0 Å². The molecular weight excluding hydrogens is 560 g/mol. The molecule has 0 bridgehead atoms. The molecule has 44 heavy (non-hydrogen) atoms. The van der Waals surface area contributed by atoms with Gasteiger partial charge in [-0.1, -0.05) is 85.8 Å². The number of aromatic nitrogens is 8. The zero-order valence-corrected chi connectivity index (χ0v) is 24.5. The number of hydrogen-bond donors (Lipinski definition) is 1. The molecule has 1 unspecified atom stereocenters. The van der Waals surface area contributed by atoms with Crippen LogP contribution in [0.5, 0.6) is 0 Å². The van der Waals surface area contributed by atoms with Gasteiger partial charge in [0.1, 0.15) is 12.4 Å². The largest absolute Gasteiger partial charge is 0.468 e. The number of esters is 1. The quantitative estimate of drug-likeness (QED) is 0.252. The highest BCUT2D eigenvalue weighted by Crippen LogP contribution is 2.30. The second-order valence-corrected chi connectivity index (χ2v) is 10.3. The number of imidazole rings is 1. The molecule has 3 heterocycles. The van der Waals surface area contributed by atoms with E-state index in [0.29, 0.717) is 24.6 Å². The van der Waals surface area contributed by atoms with Crippen LogP contribution >= 0.6 is 0 Å². The van der Waals surface area contributed by atoms with Crippen LogP contribution in [0.4, 0.5) is 0 Å². The Morgan fingerprint density at radius 1 is 0.932 bits per heavy atom. The van der Waals surface area contributed by atoms with E-state index in [1.165, 1.54) is 11.7 Å². The maximum atomic E-state index is 13.9. The van der Waals surface area contributed by atoms with Gasteiger partial charge in [0.05, 0.1) is 13.2 Å². The molecule has 0 fully saturated rings. The van der Waals surface area contributed by atoms with Crippen molar-refractivity contribution in [3.63, 3.8) is 0 Å². The molecule has 0 saturated heterocycles. The minimum absolute atomic E-state index is 0.250. The molecule has 0 amide bonds. The lowest BCUT2D eigenvalue weighted by molar-refractivity contribution is -0.141. The van der Waals surface area contributed by atoms with Crippen LogP contribution in [-0.2, 0) is 29.0 Å². The fourth-order valence-electron chi connectivity index (χ4n) is 5.49. The molecule has 222 valence electrons. The summed E-state index contributed by atoms with van der Waals surface area (Å²) in [4.78, 5) is 44.8. The molecule has 0 aliphatic rings. The number of ether oxygens (including phenoxy) is 1. The summed E-state index contributed by atoms with van der Waals surface area (Å²) < 4.78 is 9.07. The first-order chi connectivity index (χ1) is 21.4. The van der Waals surface area contributed by atoms with Crippen LogP contribution in [0.15, 0.2) is 88.5 Å². The second kappa shape index (κ2) is 11.9. The zero-order valence-electron chi connectivity index (χ0n) is 24.5. The molecular formula is C32H30N8O4. The zero-order chi connectivity index (χ0) is 30.8. The molecule has 3 aromatic carbocycles. The van der Waals surface area contributed by atoms with Gasteiger partial charge in [0.25, 0.3) is 5.56 Å². The van der Waals surface area contributed by atoms with Gasteiger partial charge >= 0.3 is 11.7 Å². The summed E-state index contributed by atoms with van der Waals surface area (Å²) in [6.07, 6.45) is 0.524. The van der Waals surface area contributed by atoms with Crippen molar-refractivity contribution in [1.29, 1.82) is 0 Å². The Labute approximate surface area is 251 Å². The van der Waals surface area contributed by atoms with Gasteiger partial charge < -0.3 is 9.30 Å². The van der Waals surface area contributed by atoms with Crippen molar-refractivity contribution in [2.75, 3.05) is 7.11 Å². The van der Waals surface area contributed by atoms with E-state index < -0.39 is 29.8 Å². The van der Waals surface area contributed by atoms with E-state index in [1.54, 1.807) is 0 Å². The summed E-state index contributed by atoms with van der Waals surface area (Å²) in [7, 11) is 1.22. The Hall–Kier alpha value is -5.65. The van der Waals surface area contributed by atoms with E-state index in [2.05, 4.69) is 20.6 Å². The lowest BCUT2D eigenvalue weighted by Crippen LogP contribution is -2.43. The third-order valence-corrected chi connectivity index (χ3v) is 7.77. The summed E-state index contributed by atoms with van der Waals surface area (Å²) in [6.45, 7) is 3.65. The lowest BCUT2D eigenvalue weighted by atomic mass is 9.98.